The normalized spacial score (nSPS) is 10.7. The Morgan fingerprint density at radius 2 is 2.20 bits per heavy atom. The van der Waals surface area contributed by atoms with Crippen LogP contribution in [-0.4, -0.2) is 16.6 Å². The molecular weight excluding hydrogens is 188 g/mol. The van der Waals surface area contributed by atoms with Gasteiger partial charge < -0.3 is 10.4 Å². The van der Waals surface area contributed by atoms with Crippen molar-refractivity contribution in [3.63, 3.8) is 0 Å². The largest absolute Gasteiger partial charge is 0.505 e. The number of nitrogens with zero attached hydrogens (tertiary/aromatic N) is 1. The summed E-state index contributed by atoms with van der Waals surface area (Å²) >= 11 is 0. The van der Waals surface area contributed by atoms with Crippen molar-refractivity contribution in [2.45, 2.75) is 13.5 Å². The summed E-state index contributed by atoms with van der Waals surface area (Å²) in [5, 5.41) is 14.1. The van der Waals surface area contributed by atoms with Crippen LogP contribution in [0.25, 0.3) is 10.9 Å². The van der Waals surface area contributed by atoms with E-state index >= 15 is 0 Å². The second-order valence-electron chi connectivity index (χ2n) is 3.43. The maximum atomic E-state index is 9.97. The minimum Gasteiger partial charge on any atom is -0.505 e. The third-order valence-corrected chi connectivity index (χ3v) is 2.40. The van der Waals surface area contributed by atoms with Crippen molar-refractivity contribution >= 4 is 10.9 Å². The minimum absolute atomic E-state index is 0.286. The lowest BCUT2D eigenvalue weighted by Gasteiger charge is -2.07. The smallest absolute Gasteiger partial charge is 0.146 e. The first-order valence-electron chi connectivity index (χ1n) is 5.09. The first kappa shape index (κ1) is 9.93. The molecule has 0 radical (unpaired) electrons. The van der Waals surface area contributed by atoms with Gasteiger partial charge in [-0.1, -0.05) is 25.1 Å². The van der Waals surface area contributed by atoms with Gasteiger partial charge >= 0.3 is 0 Å². The van der Waals surface area contributed by atoms with E-state index in [0.29, 0.717) is 12.1 Å². The predicted molar refractivity (Wildman–Crippen MR) is 60.8 cm³/mol. The summed E-state index contributed by atoms with van der Waals surface area (Å²) in [6, 6.07) is 7.72. The molecule has 0 aliphatic heterocycles. The molecule has 3 heteroatoms. The predicted octanol–water partition coefficient (Wildman–Crippen LogP) is 2.05. The Morgan fingerprint density at radius 1 is 1.33 bits per heavy atom. The molecule has 2 N–H and O–H groups in total. The van der Waals surface area contributed by atoms with E-state index in [2.05, 4.69) is 10.3 Å². The number of fused-ring (bicyclic) bond motifs is 1. The third kappa shape index (κ3) is 1.92. The molecule has 0 unspecified atom stereocenters. The number of hydrogen-bond acceptors (Lipinski definition) is 3. The summed E-state index contributed by atoms with van der Waals surface area (Å²) in [6.07, 6.45) is 1.69. The molecule has 0 spiro atoms. The van der Waals surface area contributed by atoms with E-state index < -0.39 is 0 Å². The van der Waals surface area contributed by atoms with Crippen LogP contribution in [0.5, 0.6) is 5.75 Å². The third-order valence-electron chi connectivity index (χ3n) is 2.40. The number of hydrogen-bond donors (Lipinski definition) is 2. The number of pyridine rings is 1. The fourth-order valence-corrected chi connectivity index (χ4v) is 1.57. The van der Waals surface area contributed by atoms with E-state index in [0.717, 1.165) is 17.5 Å². The fraction of sp³-hybridized carbons (Fsp3) is 0.250. The Morgan fingerprint density at radius 3 is 3.00 bits per heavy atom. The Balaban J connectivity index is 2.45. The van der Waals surface area contributed by atoms with Crippen molar-refractivity contribution in [1.82, 2.24) is 10.3 Å². The zero-order chi connectivity index (χ0) is 10.7. The Kier molecular flexibility index (Phi) is 2.83. The van der Waals surface area contributed by atoms with Crippen LogP contribution in [0, 0.1) is 0 Å². The van der Waals surface area contributed by atoms with Gasteiger partial charge in [-0.2, -0.15) is 0 Å². The molecule has 0 saturated carbocycles. The van der Waals surface area contributed by atoms with Gasteiger partial charge in [0.1, 0.15) is 11.3 Å². The topological polar surface area (TPSA) is 45.2 Å². The molecule has 1 aromatic heterocycles. The van der Waals surface area contributed by atoms with E-state index in [-0.39, 0.29) is 5.75 Å². The molecule has 15 heavy (non-hydrogen) atoms. The molecule has 0 aliphatic carbocycles. The molecule has 1 aromatic carbocycles. The van der Waals surface area contributed by atoms with E-state index in [4.69, 9.17) is 0 Å². The van der Waals surface area contributed by atoms with Gasteiger partial charge in [0, 0.05) is 23.7 Å². The Labute approximate surface area is 88.8 Å². The molecule has 2 rings (SSSR count). The molecule has 0 amide bonds. The summed E-state index contributed by atoms with van der Waals surface area (Å²) in [5.41, 5.74) is 1.57. The van der Waals surface area contributed by atoms with Gasteiger partial charge in [-0.15, -0.1) is 0 Å². The molecule has 0 aliphatic rings. The summed E-state index contributed by atoms with van der Waals surface area (Å²) in [4.78, 5) is 4.17. The number of phenolic OH excluding ortho intramolecular Hbond substituents is 1. The number of aromatic hydroxyl groups is 1. The van der Waals surface area contributed by atoms with Crippen LogP contribution in [0.3, 0.4) is 0 Å². The van der Waals surface area contributed by atoms with Gasteiger partial charge in [-0.05, 0) is 12.6 Å². The molecule has 0 fully saturated rings. The lowest BCUT2D eigenvalue weighted by atomic mass is 10.1. The Bertz CT molecular complexity index is 468. The molecule has 0 atom stereocenters. The van der Waals surface area contributed by atoms with Crippen molar-refractivity contribution in [2.24, 2.45) is 0 Å². The van der Waals surface area contributed by atoms with Gasteiger partial charge in [0.05, 0.1) is 0 Å². The van der Waals surface area contributed by atoms with Crippen LogP contribution in [0.15, 0.2) is 30.5 Å². The molecule has 2 aromatic rings. The maximum absolute atomic E-state index is 9.97. The molecule has 3 nitrogen and oxygen atoms in total. The Hall–Kier alpha value is -1.61. The monoisotopic (exact) mass is 202 g/mol. The summed E-state index contributed by atoms with van der Waals surface area (Å²) in [5.74, 6) is 0.286. The van der Waals surface area contributed by atoms with Crippen molar-refractivity contribution < 1.29 is 5.11 Å². The highest BCUT2D eigenvalue weighted by Crippen LogP contribution is 2.26. The summed E-state index contributed by atoms with van der Waals surface area (Å²) in [6.45, 7) is 3.60. The zero-order valence-corrected chi connectivity index (χ0v) is 8.70. The lowest BCUT2D eigenvalue weighted by molar-refractivity contribution is 0.470. The zero-order valence-electron chi connectivity index (χ0n) is 8.70. The van der Waals surface area contributed by atoms with Crippen molar-refractivity contribution in [1.29, 1.82) is 0 Å². The molecule has 0 bridgehead atoms. The maximum Gasteiger partial charge on any atom is 0.146 e. The van der Waals surface area contributed by atoms with Crippen LogP contribution in [0.2, 0.25) is 0 Å². The highest BCUT2D eigenvalue weighted by Gasteiger charge is 2.05. The van der Waals surface area contributed by atoms with E-state index in [1.54, 1.807) is 6.20 Å². The van der Waals surface area contributed by atoms with E-state index in [1.165, 1.54) is 0 Å². The summed E-state index contributed by atoms with van der Waals surface area (Å²) in [7, 11) is 0. The van der Waals surface area contributed by atoms with Crippen LogP contribution >= 0.6 is 0 Å². The van der Waals surface area contributed by atoms with Crippen molar-refractivity contribution in [3.05, 3.63) is 36.0 Å². The van der Waals surface area contributed by atoms with Crippen molar-refractivity contribution in [3.8, 4) is 5.75 Å². The van der Waals surface area contributed by atoms with Gasteiger partial charge in [-0.25, -0.2) is 0 Å². The van der Waals surface area contributed by atoms with Gasteiger partial charge in [0.15, 0.2) is 0 Å². The van der Waals surface area contributed by atoms with E-state index in [9.17, 15) is 5.11 Å². The van der Waals surface area contributed by atoms with Crippen molar-refractivity contribution in [2.75, 3.05) is 6.54 Å². The number of nitrogens with one attached hydrogen (secondary N) is 1. The molecule has 0 saturated heterocycles. The number of rotatable bonds is 3. The quantitative estimate of drug-likeness (QED) is 0.800. The number of phenols is 1. The second kappa shape index (κ2) is 4.28. The summed E-state index contributed by atoms with van der Waals surface area (Å²) < 4.78 is 0. The van der Waals surface area contributed by atoms with Gasteiger partial charge in [0.2, 0.25) is 0 Å². The fourth-order valence-electron chi connectivity index (χ4n) is 1.57. The molecule has 1 heterocycles. The first-order valence-corrected chi connectivity index (χ1v) is 5.09. The van der Waals surface area contributed by atoms with Crippen LogP contribution in [0.1, 0.15) is 12.5 Å². The van der Waals surface area contributed by atoms with Gasteiger partial charge in [0.25, 0.3) is 0 Å². The minimum atomic E-state index is 0.286. The van der Waals surface area contributed by atoms with Crippen LogP contribution in [-0.2, 0) is 6.54 Å². The lowest BCUT2D eigenvalue weighted by Crippen LogP contribution is -2.11. The van der Waals surface area contributed by atoms with Gasteiger partial charge in [-0.3, -0.25) is 4.98 Å². The number of benzene rings is 1. The standard InChI is InChI=1S/C12H14N2O/c1-2-13-8-10-6-5-9-4-3-7-14-11(9)12(10)15/h3-7,13,15H,2,8H2,1H3. The first-order chi connectivity index (χ1) is 7.33. The van der Waals surface area contributed by atoms with Crippen LogP contribution < -0.4 is 5.32 Å². The highest BCUT2D eigenvalue weighted by molar-refractivity contribution is 5.85. The molecular formula is C12H14N2O. The highest BCUT2D eigenvalue weighted by atomic mass is 16.3. The SMILES string of the molecule is CCNCc1ccc2cccnc2c1O. The average Bonchev–Trinajstić information content (AvgIpc) is 2.29. The number of aromatic nitrogens is 1. The molecule has 78 valence electrons. The van der Waals surface area contributed by atoms with E-state index in [1.807, 2.05) is 31.2 Å². The second-order valence-corrected chi connectivity index (χ2v) is 3.43. The van der Waals surface area contributed by atoms with Crippen LogP contribution in [0.4, 0.5) is 0 Å². The average molecular weight is 202 g/mol.